The highest BCUT2D eigenvalue weighted by molar-refractivity contribution is 5.30. The Balaban J connectivity index is 2.43. The van der Waals surface area contributed by atoms with Gasteiger partial charge in [-0.2, -0.15) is 0 Å². The molecule has 0 spiro atoms. The summed E-state index contributed by atoms with van der Waals surface area (Å²) in [5, 5.41) is 10.5. The number of allylic oxidation sites excluding steroid dienone is 3. The molecule has 84 valence electrons. The maximum absolute atomic E-state index is 10.5. The van der Waals surface area contributed by atoms with Crippen LogP contribution in [0, 0.1) is 10.8 Å². The van der Waals surface area contributed by atoms with Crippen LogP contribution in [-0.2, 0) is 0 Å². The number of rotatable bonds is 0. The summed E-state index contributed by atoms with van der Waals surface area (Å²) in [5.74, 6) is 0. The molecule has 0 saturated carbocycles. The summed E-state index contributed by atoms with van der Waals surface area (Å²) >= 11 is 0. The first kappa shape index (κ1) is 10.9. The quantitative estimate of drug-likeness (QED) is 0.602. The lowest BCUT2D eigenvalue weighted by Gasteiger charge is -2.39. The molecule has 0 fully saturated rings. The van der Waals surface area contributed by atoms with E-state index in [0.29, 0.717) is 0 Å². The molecule has 2 aliphatic rings. The van der Waals surface area contributed by atoms with Crippen LogP contribution >= 0.6 is 0 Å². The Kier molecular flexibility index (Phi) is 2.54. The molecule has 0 aromatic rings. The van der Waals surface area contributed by atoms with Crippen LogP contribution in [0.5, 0.6) is 0 Å². The van der Waals surface area contributed by atoms with Crippen molar-refractivity contribution in [2.75, 3.05) is 0 Å². The second kappa shape index (κ2) is 3.48. The molecule has 15 heavy (non-hydrogen) atoms. The van der Waals surface area contributed by atoms with Crippen molar-refractivity contribution in [3.63, 3.8) is 0 Å². The minimum absolute atomic E-state index is 0.0164. The summed E-state index contributed by atoms with van der Waals surface area (Å²) < 4.78 is 0. The number of aliphatic hydroxyl groups excluding tert-OH is 1. The third-order valence-electron chi connectivity index (χ3n) is 4.09. The first-order chi connectivity index (χ1) is 6.96. The molecule has 2 aliphatic carbocycles. The maximum Gasteiger partial charge on any atom is 0.0812 e. The first-order valence-corrected chi connectivity index (χ1v) is 6.02. The number of fused-ring (bicyclic) bond motifs is 1. The topological polar surface area (TPSA) is 20.2 Å². The van der Waals surface area contributed by atoms with E-state index in [9.17, 15) is 5.11 Å². The average molecular weight is 206 g/mol. The van der Waals surface area contributed by atoms with Gasteiger partial charge in [-0.05, 0) is 36.7 Å². The van der Waals surface area contributed by atoms with Crippen molar-refractivity contribution < 1.29 is 5.11 Å². The molecular formula is C14H22O. The molecule has 2 rings (SSSR count). The van der Waals surface area contributed by atoms with Crippen molar-refractivity contribution in [3.05, 3.63) is 23.8 Å². The van der Waals surface area contributed by atoms with Gasteiger partial charge in [0, 0.05) is 5.41 Å². The van der Waals surface area contributed by atoms with Gasteiger partial charge in [-0.3, -0.25) is 0 Å². The maximum atomic E-state index is 10.5. The summed E-state index contributed by atoms with van der Waals surface area (Å²) in [6.45, 7) is 6.57. The van der Waals surface area contributed by atoms with Crippen molar-refractivity contribution in [1.29, 1.82) is 0 Å². The van der Waals surface area contributed by atoms with Crippen LogP contribution in [0.4, 0.5) is 0 Å². The smallest absolute Gasteiger partial charge is 0.0812 e. The van der Waals surface area contributed by atoms with Gasteiger partial charge in [0.25, 0.3) is 0 Å². The van der Waals surface area contributed by atoms with E-state index in [4.69, 9.17) is 0 Å². The lowest BCUT2D eigenvalue weighted by Crippen LogP contribution is -2.36. The van der Waals surface area contributed by atoms with Gasteiger partial charge in [0.15, 0.2) is 0 Å². The molecule has 0 aliphatic heterocycles. The second-order valence-electron chi connectivity index (χ2n) is 5.97. The second-order valence-corrected chi connectivity index (χ2v) is 5.97. The van der Waals surface area contributed by atoms with Gasteiger partial charge in [-0.1, -0.05) is 39.0 Å². The van der Waals surface area contributed by atoms with Crippen LogP contribution in [0.15, 0.2) is 23.8 Å². The van der Waals surface area contributed by atoms with Gasteiger partial charge >= 0.3 is 0 Å². The van der Waals surface area contributed by atoms with E-state index in [-0.39, 0.29) is 16.9 Å². The first-order valence-electron chi connectivity index (χ1n) is 6.02. The lowest BCUT2D eigenvalue weighted by atomic mass is 9.68. The minimum Gasteiger partial charge on any atom is -0.388 e. The third kappa shape index (κ3) is 1.78. The molecule has 0 aromatic carbocycles. The van der Waals surface area contributed by atoms with Gasteiger partial charge in [0.05, 0.1) is 6.10 Å². The van der Waals surface area contributed by atoms with Gasteiger partial charge in [-0.25, -0.2) is 0 Å². The fourth-order valence-electron chi connectivity index (χ4n) is 2.86. The number of hydrogen-bond donors (Lipinski definition) is 1. The zero-order chi connectivity index (χ0) is 11.1. The Hall–Kier alpha value is -0.560. The van der Waals surface area contributed by atoms with Crippen LogP contribution in [0.2, 0.25) is 0 Å². The molecule has 1 heteroatoms. The summed E-state index contributed by atoms with van der Waals surface area (Å²) in [6, 6.07) is 0. The molecule has 0 amide bonds. The van der Waals surface area contributed by atoms with Crippen molar-refractivity contribution in [3.8, 4) is 0 Å². The molecule has 0 bridgehead atoms. The monoisotopic (exact) mass is 206 g/mol. The largest absolute Gasteiger partial charge is 0.388 e. The fraction of sp³-hybridized carbons (Fsp3) is 0.714. The summed E-state index contributed by atoms with van der Waals surface area (Å²) in [5.41, 5.74) is 1.36. The average Bonchev–Trinajstić information content (AvgIpc) is 2.24. The third-order valence-corrected chi connectivity index (χ3v) is 4.09. The molecule has 0 radical (unpaired) electrons. The Labute approximate surface area is 92.9 Å². The standard InChI is InChI=1S/C14H22O/c1-13(2)8-6-10-14(3)9-5-4-7-11(14)12(13)15/h6-7,10,12,15H,4-5,8-9H2,1-3H3. The highest BCUT2D eigenvalue weighted by Crippen LogP contribution is 2.47. The van der Waals surface area contributed by atoms with Gasteiger partial charge in [0.1, 0.15) is 0 Å². The Morgan fingerprint density at radius 2 is 2.07 bits per heavy atom. The molecule has 1 N–H and O–H groups in total. The van der Waals surface area contributed by atoms with Gasteiger partial charge in [-0.15, -0.1) is 0 Å². The normalized spacial score (nSPS) is 39.2. The Morgan fingerprint density at radius 1 is 1.33 bits per heavy atom. The summed E-state index contributed by atoms with van der Waals surface area (Å²) in [7, 11) is 0. The predicted octanol–water partition coefficient (Wildman–Crippen LogP) is 3.45. The zero-order valence-corrected chi connectivity index (χ0v) is 10.1. The molecule has 2 unspecified atom stereocenters. The van der Waals surface area contributed by atoms with Crippen molar-refractivity contribution in [2.24, 2.45) is 10.8 Å². The molecule has 1 nitrogen and oxygen atoms in total. The van der Waals surface area contributed by atoms with Crippen molar-refractivity contribution in [2.45, 2.75) is 52.6 Å². The van der Waals surface area contributed by atoms with E-state index in [1.165, 1.54) is 18.4 Å². The number of aliphatic hydroxyl groups is 1. The van der Waals surface area contributed by atoms with Crippen molar-refractivity contribution in [1.82, 2.24) is 0 Å². The zero-order valence-electron chi connectivity index (χ0n) is 10.1. The van der Waals surface area contributed by atoms with E-state index in [2.05, 4.69) is 39.0 Å². The minimum atomic E-state index is -0.280. The van der Waals surface area contributed by atoms with E-state index in [1.54, 1.807) is 0 Å². The predicted molar refractivity (Wildman–Crippen MR) is 63.6 cm³/mol. The highest BCUT2D eigenvalue weighted by atomic mass is 16.3. The van der Waals surface area contributed by atoms with E-state index >= 15 is 0 Å². The van der Waals surface area contributed by atoms with E-state index in [1.807, 2.05) is 0 Å². The Morgan fingerprint density at radius 3 is 2.80 bits per heavy atom. The van der Waals surface area contributed by atoms with Crippen LogP contribution in [-0.4, -0.2) is 11.2 Å². The molecule has 2 atom stereocenters. The van der Waals surface area contributed by atoms with Crippen LogP contribution in [0.25, 0.3) is 0 Å². The van der Waals surface area contributed by atoms with E-state index in [0.717, 1.165) is 12.8 Å². The van der Waals surface area contributed by atoms with Crippen LogP contribution in [0.3, 0.4) is 0 Å². The van der Waals surface area contributed by atoms with E-state index < -0.39 is 0 Å². The van der Waals surface area contributed by atoms with Crippen molar-refractivity contribution >= 4 is 0 Å². The van der Waals surface area contributed by atoms with Gasteiger partial charge < -0.3 is 5.11 Å². The summed E-state index contributed by atoms with van der Waals surface area (Å²) in [6.07, 6.45) is 11.1. The van der Waals surface area contributed by atoms with Gasteiger partial charge in [0.2, 0.25) is 0 Å². The lowest BCUT2D eigenvalue weighted by molar-refractivity contribution is 0.0695. The van der Waals surface area contributed by atoms with Crippen LogP contribution < -0.4 is 0 Å². The fourth-order valence-corrected chi connectivity index (χ4v) is 2.86. The molecule has 0 aromatic heterocycles. The Bertz CT molecular complexity index is 311. The molecular weight excluding hydrogens is 184 g/mol. The summed E-state index contributed by atoms with van der Waals surface area (Å²) in [4.78, 5) is 0. The van der Waals surface area contributed by atoms with Crippen LogP contribution in [0.1, 0.15) is 46.5 Å². The SMILES string of the molecule is CC12C=CCC(C)(C)C(O)C1=CCCC2. The molecule has 0 saturated heterocycles. The highest BCUT2D eigenvalue weighted by Gasteiger charge is 2.40. The number of hydrogen-bond acceptors (Lipinski definition) is 1. The molecule has 0 heterocycles.